The van der Waals surface area contributed by atoms with Crippen LogP contribution in [0, 0.1) is 0 Å². The first-order valence-corrected chi connectivity index (χ1v) is 5.61. The average Bonchev–Trinajstić information content (AvgIpc) is 2.20. The third-order valence-corrected chi connectivity index (χ3v) is 2.69. The number of alkyl halides is 3. The highest BCUT2D eigenvalue weighted by molar-refractivity contribution is 6.43. The molecule has 1 aromatic carbocycles. The summed E-state index contributed by atoms with van der Waals surface area (Å²) in [6.45, 7) is 0. The lowest BCUT2D eigenvalue weighted by atomic mass is 10.3. The Morgan fingerprint density at radius 2 is 1.67 bits per heavy atom. The molecule has 100 valence electrons. The molecule has 0 fully saturated rings. The maximum Gasteiger partial charge on any atom is 0.401 e. The summed E-state index contributed by atoms with van der Waals surface area (Å²) >= 11 is 21.4. The predicted molar refractivity (Wildman–Crippen MR) is 64.0 cm³/mol. The molecule has 1 aromatic rings. The van der Waals surface area contributed by atoms with Gasteiger partial charge in [-0.15, -0.1) is 4.48 Å². The molecule has 3 nitrogen and oxygen atoms in total. The molecule has 0 heterocycles. The van der Waals surface area contributed by atoms with Gasteiger partial charge >= 0.3 is 11.3 Å². The second kappa shape index (κ2) is 5.71. The first-order valence-electron chi connectivity index (χ1n) is 4.10. The monoisotopic (exact) mass is 340 g/mol. The Kier molecular flexibility index (Phi) is 4.97. The van der Waals surface area contributed by atoms with E-state index in [9.17, 15) is 18.1 Å². The van der Waals surface area contributed by atoms with E-state index in [1.54, 1.807) is 0 Å². The van der Waals surface area contributed by atoms with Crippen molar-refractivity contribution in [2.75, 3.05) is 5.01 Å². The van der Waals surface area contributed by atoms with Crippen LogP contribution in [0.15, 0.2) is 12.1 Å². The number of hydrazine groups is 1. The van der Waals surface area contributed by atoms with Gasteiger partial charge in [0.05, 0.1) is 10.0 Å². The van der Waals surface area contributed by atoms with Crippen molar-refractivity contribution in [1.82, 2.24) is 5.65 Å². The number of rotatable bonds is 3. The van der Waals surface area contributed by atoms with E-state index in [4.69, 9.17) is 34.8 Å². The molecule has 0 aliphatic heterocycles. The van der Waals surface area contributed by atoms with Crippen molar-refractivity contribution >= 4 is 58.0 Å². The van der Waals surface area contributed by atoms with Crippen LogP contribution in [-0.2, 0) is 4.79 Å². The van der Waals surface area contributed by atoms with Gasteiger partial charge in [-0.2, -0.15) is 8.78 Å². The molecule has 0 saturated carbocycles. The normalized spacial score (nSPS) is 11.5. The second-order valence-electron chi connectivity index (χ2n) is 2.94. The lowest BCUT2D eigenvalue weighted by Crippen LogP contribution is -2.46. The highest BCUT2D eigenvalue weighted by atomic mass is 35.5. The Bertz CT molecular complexity index is 457. The van der Waals surface area contributed by atoms with Crippen molar-refractivity contribution < 1.29 is 18.1 Å². The van der Waals surface area contributed by atoms with Crippen LogP contribution in [-0.4, -0.2) is 11.3 Å². The van der Waals surface area contributed by atoms with E-state index >= 15 is 0 Å². The maximum absolute atomic E-state index is 12.6. The van der Waals surface area contributed by atoms with Crippen LogP contribution < -0.4 is 10.7 Å². The van der Waals surface area contributed by atoms with Gasteiger partial charge in [0.2, 0.25) is 0 Å². The number of benzene rings is 1. The number of nitrogens with one attached hydrogen (secondary N) is 1. The zero-order valence-electron chi connectivity index (χ0n) is 8.16. The van der Waals surface area contributed by atoms with Crippen molar-refractivity contribution in [3.05, 3.63) is 27.2 Å². The fourth-order valence-corrected chi connectivity index (χ4v) is 2.13. The summed E-state index contributed by atoms with van der Waals surface area (Å²) in [6, 6.07) is 2.18. The van der Waals surface area contributed by atoms with Gasteiger partial charge in [-0.3, -0.25) is 4.79 Å². The zero-order valence-corrected chi connectivity index (χ0v) is 11.2. The molecule has 18 heavy (non-hydrogen) atoms. The minimum Gasteiger partial charge on any atom is -0.264 e. The Morgan fingerprint density at radius 3 is 2.00 bits per heavy atom. The van der Waals surface area contributed by atoms with E-state index in [1.165, 1.54) is 0 Å². The summed E-state index contributed by atoms with van der Waals surface area (Å²) in [7, 11) is 0. The molecule has 0 unspecified atom stereocenters. The first-order chi connectivity index (χ1) is 8.18. The minimum atomic E-state index is -4.33. The highest BCUT2D eigenvalue weighted by Gasteiger charge is 2.42. The molecule has 10 heteroatoms. The summed E-state index contributed by atoms with van der Waals surface area (Å²) in [4.78, 5) is 11.2. The lowest BCUT2D eigenvalue weighted by molar-refractivity contribution is -0.134. The third-order valence-electron chi connectivity index (χ3n) is 1.74. The molecule has 0 aliphatic carbocycles. The number of hydrogen-bond acceptors (Lipinski definition) is 2. The lowest BCUT2D eigenvalue weighted by Gasteiger charge is -2.22. The summed E-state index contributed by atoms with van der Waals surface area (Å²) in [6.07, 6.45) is 0. The number of carbonyl (C=O) groups excluding carboxylic acids is 1. The SMILES string of the molecule is O=C(N(NF)c1c(Cl)cc(Cl)cc1Cl)C(F)(F)Cl. The van der Waals surface area contributed by atoms with Crippen molar-refractivity contribution in [2.24, 2.45) is 0 Å². The average molecular weight is 342 g/mol. The van der Waals surface area contributed by atoms with Gasteiger partial charge < -0.3 is 0 Å². The van der Waals surface area contributed by atoms with Crippen molar-refractivity contribution in [3.8, 4) is 0 Å². The Hall–Kier alpha value is -0.400. The molecular weight excluding hydrogens is 339 g/mol. The zero-order chi connectivity index (χ0) is 14.1. The summed E-state index contributed by atoms with van der Waals surface area (Å²) in [5.74, 6) is -2.09. The van der Waals surface area contributed by atoms with E-state index in [0.29, 0.717) is 0 Å². The molecule has 1 N–H and O–H groups in total. The minimum absolute atomic E-state index is 0.0811. The Balaban J connectivity index is 3.30. The fraction of sp³-hybridized carbons (Fsp3) is 0.125. The molecule has 1 rings (SSSR count). The van der Waals surface area contributed by atoms with Crippen LogP contribution in [0.2, 0.25) is 15.1 Å². The maximum atomic E-state index is 12.6. The molecule has 0 spiro atoms. The van der Waals surface area contributed by atoms with Gasteiger partial charge in [0.25, 0.3) is 0 Å². The molecular formula is C8H3Cl4F3N2O. The van der Waals surface area contributed by atoms with E-state index in [-0.39, 0.29) is 20.1 Å². The molecule has 1 amide bonds. The second-order valence-corrected chi connectivity index (χ2v) is 4.67. The van der Waals surface area contributed by atoms with Gasteiger partial charge in [-0.05, 0) is 23.7 Å². The fourth-order valence-electron chi connectivity index (χ4n) is 1.06. The third kappa shape index (κ3) is 3.33. The summed E-state index contributed by atoms with van der Waals surface area (Å²) in [5, 5.41) is -5.09. The Labute approximate surface area is 119 Å². The van der Waals surface area contributed by atoms with Crippen LogP contribution >= 0.6 is 46.4 Å². The van der Waals surface area contributed by atoms with Gasteiger partial charge in [-0.25, -0.2) is 5.01 Å². The number of carbonyl (C=O) groups is 1. The van der Waals surface area contributed by atoms with E-state index in [1.807, 2.05) is 0 Å². The number of nitrogens with zero attached hydrogens (tertiary/aromatic N) is 1. The topological polar surface area (TPSA) is 32.3 Å². The number of anilines is 1. The van der Waals surface area contributed by atoms with Crippen LogP contribution in [0.5, 0.6) is 0 Å². The predicted octanol–water partition coefficient (Wildman–Crippen LogP) is 4.20. The smallest absolute Gasteiger partial charge is 0.264 e. The highest BCUT2D eigenvalue weighted by Crippen LogP contribution is 2.37. The Morgan fingerprint density at radius 1 is 1.22 bits per heavy atom. The van der Waals surface area contributed by atoms with E-state index < -0.39 is 17.0 Å². The van der Waals surface area contributed by atoms with Crippen molar-refractivity contribution in [1.29, 1.82) is 0 Å². The first kappa shape index (κ1) is 15.7. The van der Waals surface area contributed by atoms with E-state index in [2.05, 4.69) is 11.6 Å². The largest absolute Gasteiger partial charge is 0.401 e. The van der Waals surface area contributed by atoms with Crippen LogP contribution in [0.4, 0.5) is 18.9 Å². The van der Waals surface area contributed by atoms with Crippen LogP contribution in [0.25, 0.3) is 0 Å². The molecule has 0 saturated heterocycles. The van der Waals surface area contributed by atoms with Gasteiger partial charge in [0.15, 0.2) is 0 Å². The molecule has 0 aliphatic rings. The van der Waals surface area contributed by atoms with Gasteiger partial charge in [-0.1, -0.05) is 40.5 Å². The summed E-state index contributed by atoms with van der Waals surface area (Å²) < 4.78 is 37.8. The van der Waals surface area contributed by atoms with Crippen LogP contribution in [0.3, 0.4) is 0 Å². The number of hydrogen-bond donors (Lipinski definition) is 1. The molecule has 0 aromatic heterocycles. The number of amides is 1. The standard InChI is InChI=1S/C8H3Cl4F3N2O/c9-3-1-4(10)6(5(11)2-3)17(16-15)7(18)8(12,13)14/h1-2,16H. The molecule has 0 radical (unpaired) electrons. The van der Waals surface area contributed by atoms with E-state index in [0.717, 1.165) is 17.8 Å². The summed E-state index contributed by atoms with van der Waals surface area (Å²) in [5.41, 5.74) is 0.201. The molecule has 0 atom stereocenters. The van der Waals surface area contributed by atoms with Crippen molar-refractivity contribution in [2.45, 2.75) is 5.38 Å². The van der Waals surface area contributed by atoms with Gasteiger partial charge in [0, 0.05) is 5.02 Å². The quantitative estimate of drug-likeness (QED) is 0.507. The van der Waals surface area contributed by atoms with Gasteiger partial charge in [0.1, 0.15) is 5.69 Å². The molecule has 0 bridgehead atoms. The van der Waals surface area contributed by atoms with Crippen molar-refractivity contribution in [3.63, 3.8) is 0 Å². The number of halogens is 7. The van der Waals surface area contributed by atoms with Crippen LogP contribution in [0.1, 0.15) is 0 Å².